The van der Waals surface area contributed by atoms with Gasteiger partial charge in [-0.1, -0.05) is 48.0 Å². The van der Waals surface area contributed by atoms with E-state index in [2.05, 4.69) is 34.5 Å². The van der Waals surface area contributed by atoms with Gasteiger partial charge in [-0.2, -0.15) is 0 Å². The summed E-state index contributed by atoms with van der Waals surface area (Å²) in [6.45, 7) is 2.14. The summed E-state index contributed by atoms with van der Waals surface area (Å²) in [4.78, 5) is 30.0. The van der Waals surface area contributed by atoms with Gasteiger partial charge in [0.2, 0.25) is 5.91 Å². The summed E-state index contributed by atoms with van der Waals surface area (Å²) in [5.74, 6) is 0.991. The van der Waals surface area contributed by atoms with Crippen molar-refractivity contribution in [1.82, 2.24) is 9.80 Å². The van der Waals surface area contributed by atoms with Crippen molar-refractivity contribution in [3.63, 3.8) is 0 Å². The summed E-state index contributed by atoms with van der Waals surface area (Å²) in [5.41, 5.74) is 5.08. The highest BCUT2D eigenvalue weighted by atomic mass is 35.5. The highest BCUT2D eigenvalue weighted by Gasteiger charge is 2.29. The first-order valence-electron chi connectivity index (χ1n) is 12.7. The van der Waals surface area contributed by atoms with E-state index in [-0.39, 0.29) is 17.9 Å². The predicted molar refractivity (Wildman–Crippen MR) is 146 cm³/mol. The highest BCUT2D eigenvalue weighted by Crippen LogP contribution is 2.31. The van der Waals surface area contributed by atoms with Gasteiger partial charge in [-0.05, 0) is 79.3 Å². The fourth-order valence-corrected chi connectivity index (χ4v) is 5.64. The number of amides is 2. The predicted octanol–water partition coefficient (Wildman–Crippen LogP) is 5.36. The Morgan fingerprint density at radius 2 is 1.68 bits per heavy atom. The number of benzene rings is 3. The van der Waals surface area contributed by atoms with E-state index in [0.29, 0.717) is 35.3 Å². The quantitative estimate of drug-likeness (QED) is 0.494. The fraction of sp³-hybridized carbons (Fsp3) is 0.333. The molecule has 3 aromatic rings. The largest absolute Gasteiger partial charge is 0.497 e. The van der Waals surface area contributed by atoms with Crippen LogP contribution in [0.5, 0.6) is 5.75 Å². The van der Waals surface area contributed by atoms with Gasteiger partial charge in [-0.15, -0.1) is 0 Å². The molecule has 3 aromatic carbocycles. The van der Waals surface area contributed by atoms with Crippen LogP contribution in [0.4, 0.5) is 5.69 Å². The van der Waals surface area contributed by atoms with Crippen LogP contribution >= 0.6 is 11.6 Å². The van der Waals surface area contributed by atoms with E-state index in [4.69, 9.17) is 16.3 Å². The molecule has 2 aliphatic heterocycles. The molecule has 0 aliphatic carbocycles. The van der Waals surface area contributed by atoms with Gasteiger partial charge >= 0.3 is 0 Å². The number of carbonyl (C=O) groups excluding carboxylic acids is 2. The number of piperidine rings is 1. The number of hydrogen-bond donors (Lipinski definition) is 1. The summed E-state index contributed by atoms with van der Waals surface area (Å²) in [6, 6.07) is 21.5. The molecule has 6 nitrogen and oxygen atoms in total. The molecular weight excluding hydrogens is 486 g/mol. The van der Waals surface area contributed by atoms with Crippen molar-refractivity contribution in [2.24, 2.45) is 0 Å². The Bertz CT molecular complexity index is 1290. The second kappa shape index (κ2) is 11.0. The van der Waals surface area contributed by atoms with Crippen molar-refractivity contribution in [3.05, 3.63) is 94.0 Å². The van der Waals surface area contributed by atoms with E-state index >= 15 is 0 Å². The smallest absolute Gasteiger partial charge is 0.255 e. The Balaban J connectivity index is 1.16. The van der Waals surface area contributed by atoms with Gasteiger partial charge in [0.05, 0.1) is 23.7 Å². The third-order valence-electron chi connectivity index (χ3n) is 7.62. The Labute approximate surface area is 223 Å². The van der Waals surface area contributed by atoms with Crippen LogP contribution in [0, 0.1) is 0 Å². The van der Waals surface area contributed by atoms with Gasteiger partial charge in [0.1, 0.15) is 5.75 Å². The third kappa shape index (κ3) is 5.50. The lowest BCUT2D eigenvalue weighted by Crippen LogP contribution is -2.45. The number of likely N-dealkylation sites (N-methyl/N-ethyl adjacent to an activating group) is 1. The van der Waals surface area contributed by atoms with Crippen LogP contribution in [0.25, 0.3) is 0 Å². The van der Waals surface area contributed by atoms with Crippen molar-refractivity contribution in [2.45, 2.75) is 37.8 Å². The van der Waals surface area contributed by atoms with Crippen molar-refractivity contribution in [3.8, 4) is 5.75 Å². The summed E-state index contributed by atoms with van der Waals surface area (Å²) in [6.07, 6.45) is 2.49. The maximum absolute atomic E-state index is 13.0. The van der Waals surface area contributed by atoms with Gasteiger partial charge in [-0.3, -0.25) is 14.5 Å². The molecule has 7 heteroatoms. The van der Waals surface area contributed by atoms with Crippen LogP contribution in [0.1, 0.15) is 45.8 Å². The maximum Gasteiger partial charge on any atom is 0.255 e. The van der Waals surface area contributed by atoms with Crippen LogP contribution in [0.2, 0.25) is 5.02 Å². The molecule has 37 heavy (non-hydrogen) atoms. The van der Waals surface area contributed by atoms with Crippen molar-refractivity contribution in [2.75, 3.05) is 32.6 Å². The van der Waals surface area contributed by atoms with Gasteiger partial charge in [-0.25, -0.2) is 0 Å². The van der Waals surface area contributed by atoms with Crippen LogP contribution < -0.4 is 10.1 Å². The standard InChI is InChI=1S/C30H32ClN3O3/c1-33-19-23-6-4-3-5-22(23)17-28(33)29(35)32-24-9-7-20(8-10-24)21-13-15-34(16-14-21)30(36)26-12-11-25(37-2)18-27(26)31/h3-12,18,21,28H,13-17,19H2,1-2H3,(H,32,35). The first-order chi connectivity index (χ1) is 17.9. The number of nitrogens with one attached hydrogen (secondary N) is 1. The van der Waals surface area contributed by atoms with E-state index in [0.717, 1.165) is 31.5 Å². The molecule has 1 N–H and O–H groups in total. The SMILES string of the molecule is COc1ccc(C(=O)N2CCC(c3ccc(NC(=O)C4Cc5ccccc5CN4C)cc3)CC2)c(Cl)c1. The number of anilines is 1. The molecule has 192 valence electrons. The van der Waals surface area contributed by atoms with E-state index in [1.54, 1.807) is 25.3 Å². The molecule has 0 aromatic heterocycles. The van der Waals surface area contributed by atoms with Gasteiger partial charge in [0, 0.05) is 25.3 Å². The Morgan fingerprint density at radius 1 is 0.973 bits per heavy atom. The van der Waals surface area contributed by atoms with Crippen LogP contribution in [-0.2, 0) is 17.8 Å². The van der Waals surface area contributed by atoms with Gasteiger partial charge < -0.3 is 15.0 Å². The van der Waals surface area contributed by atoms with Gasteiger partial charge in [0.25, 0.3) is 5.91 Å². The Kier molecular flexibility index (Phi) is 7.49. The molecule has 2 heterocycles. The molecule has 1 fully saturated rings. The number of halogens is 1. The lowest BCUT2D eigenvalue weighted by Gasteiger charge is -2.33. The minimum absolute atomic E-state index is 0.0220. The van der Waals surface area contributed by atoms with Crippen molar-refractivity contribution < 1.29 is 14.3 Å². The highest BCUT2D eigenvalue weighted by molar-refractivity contribution is 6.34. The molecule has 1 atom stereocenters. The number of ether oxygens (including phenoxy) is 1. The zero-order valence-corrected chi connectivity index (χ0v) is 22.0. The van der Waals surface area contributed by atoms with E-state index in [1.807, 2.05) is 36.2 Å². The summed E-state index contributed by atoms with van der Waals surface area (Å²) >= 11 is 6.32. The minimum Gasteiger partial charge on any atom is -0.497 e. The summed E-state index contributed by atoms with van der Waals surface area (Å²) in [7, 11) is 3.58. The molecule has 0 bridgehead atoms. The second-order valence-corrected chi connectivity index (χ2v) is 10.3. The number of fused-ring (bicyclic) bond motifs is 1. The Morgan fingerprint density at radius 3 is 2.35 bits per heavy atom. The minimum atomic E-state index is -0.185. The topological polar surface area (TPSA) is 61.9 Å². The van der Waals surface area contributed by atoms with Gasteiger partial charge in [0.15, 0.2) is 0 Å². The van der Waals surface area contributed by atoms with E-state index in [1.165, 1.54) is 16.7 Å². The normalized spacial score (nSPS) is 18.2. The molecule has 0 radical (unpaired) electrons. The average Bonchev–Trinajstić information content (AvgIpc) is 2.92. The van der Waals surface area contributed by atoms with Crippen LogP contribution in [0.3, 0.4) is 0 Å². The third-order valence-corrected chi connectivity index (χ3v) is 7.94. The van der Waals surface area contributed by atoms with Crippen molar-refractivity contribution >= 4 is 29.1 Å². The number of methoxy groups -OCH3 is 1. The van der Waals surface area contributed by atoms with E-state index < -0.39 is 0 Å². The zero-order valence-electron chi connectivity index (χ0n) is 21.2. The van der Waals surface area contributed by atoms with E-state index in [9.17, 15) is 9.59 Å². The lowest BCUT2D eigenvalue weighted by molar-refractivity contribution is -0.121. The van der Waals surface area contributed by atoms with Crippen molar-refractivity contribution in [1.29, 1.82) is 0 Å². The average molecular weight is 518 g/mol. The second-order valence-electron chi connectivity index (χ2n) is 9.93. The molecule has 2 amide bonds. The number of rotatable bonds is 5. The number of nitrogens with zero attached hydrogens (tertiary/aromatic N) is 2. The zero-order chi connectivity index (χ0) is 25.9. The van der Waals surface area contributed by atoms with Crippen LogP contribution in [0.15, 0.2) is 66.7 Å². The fourth-order valence-electron chi connectivity index (χ4n) is 5.39. The lowest BCUT2D eigenvalue weighted by atomic mass is 9.89. The number of hydrogen-bond acceptors (Lipinski definition) is 4. The molecule has 1 saturated heterocycles. The number of carbonyl (C=O) groups is 2. The first kappa shape index (κ1) is 25.3. The number of likely N-dealkylation sites (tertiary alicyclic amines) is 1. The molecular formula is C30H32ClN3O3. The molecule has 5 rings (SSSR count). The monoisotopic (exact) mass is 517 g/mol. The summed E-state index contributed by atoms with van der Waals surface area (Å²) in [5, 5.41) is 3.51. The molecule has 2 aliphatic rings. The summed E-state index contributed by atoms with van der Waals surface area (Å²) < 4.78 is 5.18. The molecule has 1 unspecified atom stereocenters. The molecule has 0 saturated carbocycles. The van der Waals surface area contributed by atoms with Crippen LogP contribution in [-0.4, -0.2) is 54.9 Å². The molecule has 0 spiro atoms. The first-order valence-corrected chi connectivity index (χ1v) is 13.1. The Hall–Kier alpha value is -3.35. The maximum atomic E-state index is 13.0.